The number of dihydropyridines is 1. The van der Waals surface area contributed by atoms with Crippen molar-refractivity contribution >= 4 is 27.7 Å². The van der Waals surface area contributed by atoms with E-state index in [1.165, 1.54) is 6.42 Å². The molecule has 1 heterocycles. The van der Waals surface area contributed by atoms with Crippen LogP contribution in [0.3, 0.4) is 0 Å². The van der Waals surface area contributed by atoms with Crippen LogP contribution >= 0.6 is 15.9 Å². The monoisotopic (exact) mass is 443 g/mol. The third kappa shape index (κ3) is 3.82. The van der Waals surface area contributed by atoms with Crippen molar-refractivity contribution in [2.45, 2.75) is 70.3 Å². The third-order valence-corrected chi connectivity index (χ3v) is 6.50. The van der Waals surface area contributed by atoms with Crippen LogP contribution in [-0.4, -0.2) is 17.9 Å². The number of allylic oxidation sites excluding steroid dienone is 3. The van der Waals surface area contributed by atoms with Gasteiger partial charge in [-0.25, -0.2) is 4.79 Å². The molecule has 4 rings (SSSR count). The van der Waals surface area contributed by atoms with E-state index in [1.54, 1.807) is 0 Å². The van der Waals surface area contributed by atoms with Gasteiger partial charge in [0.2, 0.25) is 0 Å². The molecule has 4 nitrogen and oxygen atoms in total. The molecule has 1 atom stereocenters. The Hall–Kier alpha value is -1.88. The van der Waals surface area contributed by atoms with Crippen molar-refractivity contribution in [2.24, 2.45) is 0 Å². The van der Waals surface area contributed by atoms with Crippen molar-refractivity contribution < 1.29 is 14.3 Å². The Labute approximate surface area is 174 Å². The molecule has 0 spiro atoms. The maximum absolute atomic E-state index is 13.3. The van der Waals surface area contributed by atoms with Gasteiger partial charge in [-0.05, 0) is 63.1 Å². The predicted molar refractivity (Wildman–Crippen MR) is 112 cm³/mol. The summed E-state index contributed by atoms with van der Waals surface area (Å²) in [7, 11) is 0. The van der Waals surface area contributed by atoms with E-state index in [-0.39, 0.29) is 23.8 Å². The van der Waals surface area contributed by atoms with Gasteiger partial charge in [0, 0.05) is 33.8 Å². The second-order valence-corrected chi connectivity index (χ2v) is 8.90. The topological polar surface area (TPSA) is 55.4 Å². The fourth-order valence-corrected chi connectivity index (χ4v) is 5.09. The summed E-state index contributed by atoms with van der Waals surface area (Å²) < 4.78 is 6.85. The molecule has 0 aromatic heterocycles. The van der Waals surface area contributed by atoms with Crippen LogP contribution in [0.4, 0.5) is 0 Å². The zero-order valence-electron chi connectivity index (χ0n) is 16.2. The third-order valence-electron chi connectivity index (χ3n) is 6.00. The maximum atomic E-state index is 13.3. The van der Waals surface area contributed by atoms with Gasteiger partial charge >= 0.3 is 5.97 Å². The number of halogens is 1. The zero-order valence-corrected chi connectivity index (χ0v) is 17.8. The summed E-state index contributed by atoms with van der Waals surface area (Å²) in [6.07, 6.45) is 7.51. The van der Waals surface area contributed by atoms with Crippen LogP contribution < -0.4 is 5.32 Å². The molecule has 2 aliphatic carbocycles. The quantitative estimate of drug-likeness (QED) is 0.644. The summed E-state index contributed by atoms with van der Waals surface area (Å²) in [5, 5.41) is 3.36. The summed E-state index contributed by atoms with van der Waals surface area (Å²) in [6, 6.07) is 7.91. The zero-order chi connectivity index (χ0) is 19.7. The Balaban J connectivity index is 1.74. The van der Waals surface area contributed by atoms with Crippen molar-refractivity contribution in [3.05, 3.63) is 56.8 Å². The normalized spacial score (nSPS) is 23.4. The molecule has 28 heavy (non-hydrogen) atoms. The lowest BCUT2D eigenvalue weighted by molar-refractivity contribution is -0.146. The number of benzene rings is 1. The van der Waals surface area contributed by atoms with E-state index < -0.39 is 0 Å². The Kier molecular flexibility index (Phi) is 5.72. The van der Waals surface area contributed by atoms with Crippen LogP contribution in [-0.2, 0) is 14.3 Å². The molecule has 0 radical (unpaired) electrons. The lowest BCUT2D eigenvalue weighted by atomic mass is 9.75. The van der Waals surface area contributed by atoms with Gasteiger partial charge in [0.15, 0.2) is 5.78 Å². The molecule has 3 aliphatic rings. The van der Waals surface area contributed by atoms with Gasteiger partial charge in [0.05, 0.1) is 5.57 Å². The molecule has 0 saturated heterocycles. The van der Waals surface area contributed by atoms with Gasteiger partial charge in [-0.2, -0.15) is 0 Å². The van der Waals surface area contributed by atoms with E-state index in [9.17, 15) is 9.59 Å². The highest BCUT2D eigenvalue weighted by molar-refractivity contribution is 9.10. The molecule has 5 heteroatoms. The summed E-state index contributed by atoms with van der Waals surface area (Å²) in [5.74, 6) is -0.515. The molecule has 1 aliphatic heterocycles. The Morgan fingerprint density at radius 3 is 2.68 bits per heavy atom. The molecule has 0 unspecified atom stereocenters. The number of esters is 1. The number of rotatable bonds is 3. The fraction of sp³-hybridized carbons (Fsp3) is 0.478. The molecule has 148 valence electrons. The lowest BCUT2D eigenvalue weighted by Crippen LogP contribution is -2.35. The first-order chi connectivity index (χ1) is 13.5. The van der Waals surface area contributed by atoms with Gasteiger partial charge in [-0.3, -0.25) is 4.79 Å². The van der Waals surface area contributed by atoms with Crippen LogP contribution in [0.25, 0.3) is 0 Å². The average molecular weight is 444 g/mol. The number of hydrogen-bond donors (Lipinski definition) is 1. The SMILES string of the molecule is CC1=C(C(=O)OC2CCCCC2)[C@@H](c2cccc(Br)c2)C2=C(CCCC2=O)N1. The minimum Gasteiger partial charge on any atom is -0.459 e. The second kappa shape index (κ2) is 8.24. The molecule has 0 bridgehead atoms. The number of hydrogen-bond acceptors (Lipinski definition) is 4. The van der Waals surface area contributed by atoms with E-state index in [0.29, 0.717) is 12.0 Å². The number of ether oxygens (including phenoxy) is 1. The summed E-state index contributed by atoms with van der Waals surface area (Å²) >= 11 is 3.53. The Morgan fingerprint density at radius 2 is 1.93 bits per heavy atom. The number of Topliss-reactive ketones (excluding diaryl/α,β-unsaturated/α-hetero) is 1. The van der Waals surface area contributed by atoms with Crippen LogP contribution in [0.5, 0.6) is 0 Å². The second-order valence-electron chi connectivity index (χ2n) is 7.99. The smallest absolute Gasteiger partial charge is 0.337 e. The Morgan fingerprint density at radius 1 is 1.14 bits per heavy atom. The van der Waals surface area contributed by atoms with Gasteiger partial charge < -0.3 is 10.1 Å². The van der Waals surface area contributed by atoms with Gasteiger partial charge in [-0.1, -0.05) is 34.5 Å². The standard InChI is InChI=1S/C23H26BrNO3/c1-14-20(23(27)28-17-9-3-2-4-10-17)21(15-7-5-8-16(24)13-15)22-18(25-14)11-6-12-19(22)26/h5,7-8,13,17,21,25H,2-4,6,9-12H2,1H3/t21-/m1/s1. The van der Waals surface area contributed by atoms with Crippen LogP contribution in [0.1, 0.15) is 69.8 Å². The average Bonchev–Trinajstić information content (AvgIpc) is 2.68. The largest absolute Gasteiger partial charge is 0.459 e. The molecule has 1 saturated carbocycles. The van der Waals surface area contributed by atoms with E-state index in [4.69, 9.17) is 4.74 Å². The van der Waals surface area contributed by atoms with Gasteiger partial charge in [0.1, 0.15) is 6.10 Å². The summed E-state index contributed by atoms with van der Waals surface area (Å²) in [5.41, 5.74) is 4.05. The van der Waals surface area contributed by atoms with Crippen molar-refractivity contribution in [3.8, 4) is 0 Å². The molecular formula is C23H26BrNO3. The van der Waals surface area contributed by atoms with Crippen molar-refractivity contribution in [3.63, 3.8) is 0 Å². The van der Waals surface area contributed by atoms with Crippen molar-refractivity contribution in [2.75, 3.05) is 0 Å². The van der Waals surface area contributed by atoms with Gasteiger partial charge in [-0.15, -0.1) is 0 Å². The first-order valence-corrected chi connectivity index (χ1v) is 11.0. The summed E-state index contributed by atoms with van der Waals surface area (Å²) in [4.78, 5) is 26.1. The fourth-order valence-electron chi connectivity index (χ4n) is 4.67. The lowest BCUT2D eigenvalue weighted by Gasteiger charge is -2.35. The van der Waals surface area contributed by atoms with E-state index in [2.05, 4.69) is 21.2 Å². The molecular weight excluding hydrogens is 418 g/mol. The highest BCUT2D eigenvalue weighted by atomic mass is 79.9. The van der Waals surface area contributed by atoms with Crippen molar-refractivity contribution in [1.82, 2.24) is 5.32 Å². The molecule has 1 N–H and O–H groups in total. The molecule has 1 aromatic rings. The van der Waals surface area contributed by atoms with E-state index in [0.717, 1.165) is 65.5 Å². The summed E-state index contributed by atoms with van der Waals surface area (Å²) in [6.45, 7) is 1.92. The van der Waals surface area contributed by atoms with E-state index in [1.807, 2.05) is 31.2 Å². The number of nitrogens with one attached hydrogen (secondary N) is 1. The highest BCUT2D eigenvalue weighted by Crippen LogP contribution is 2.43. The first kappa shape index (κ1) is 19.4. The highest BCUT2D eigenvalue weighted by Gasteiger charge is 2.39. The minimum absolute atomic E-state index is 0.0119. The van der Waals surface area contributed by atoms with Crippen molar-refractivity contribution in [1.29, 1.82) is 0 Å². The minimum atomic E-state index is -0.363. The van der Waals surface area contributed by atoms with Crippen LogP contribution in [0, 0.1) is 0 Å². The number of ketones is 1. The number of carbonyl (C=O) groups excluding carboxylic acids is 2. The molecule has 1 fully saturated rings. The number of carbonyl (C=O) groups is 2. The van der Waals surface area contributed by atoms with E-state index >= 15 is 0 Å². The molecule has 0 amide bonds. The molecule has 1 aromatic carbocycles. The first-order valence-electron chi connectivity index (χ1n) is 10.2. The van der Waals surface area contributed by atoms with Crippen LogP contribution in [0.2, 0.25) is 0 Å². The van der Waals surface area contributed by atoms with Crippen LogP contribution in [0.15, 0.2) is 51.3 Å². The Bertz CT molecular complexity index is 864. The maximum Gasteiger partial charge on any atom is 0.337 e. The predicted octanol–water partition coefficient (Wildman–Crippen LogP) is 5.29. The van der Waals surface area contributed by atoms with Gasteiger partial charge in [0.25, 0.3) is 0 Å².